The summed E-state index contributed by atoms with van der Waals surface area (Å²) < 4.78 is 5.14. The van der Waals surface area contributed by atoms with E-state index in [1.807, 2.05) is 6.07 Å². The number of hydrogen-bond acceptors (Lipinski definition) is 2. The molecule has 3 nitrogen and oxygen atoms in total. The van der Waals surface area contributed by atoms with E-state index in [1.165, 1.54) is 0 Å². The molecule has 0 amide bonds. The van der Waals surface area contributed by atoms with Gasteiger partial charge in [0.25, 0.3) is 0 Å². The van der Waals surface area contributed by atoms with Crippen LogP contribution in [0.25, 0.3) is 0 Å². The molecule has 1 aromatic rings. The third kappa shape index (κ3) is 1.87. The van der Waals surface area contributed by atoms with Gasteiger partial charge in [0, 0.05) is 0 Å². The van der Waals surface area contributed by atoms with Crippen molar-refractivity contribution in [2.45, 2.75) is 19.3 Å². The van der Waals surface area contributed by atoms with Gasteiger partial charge in [0.05, 0.1) is 18.1 Å². The van der Waals surface area contributed by atoms with Crippen molar-refractivity contribution in [3.63, 3.8) is 0 Å². The van der Waals surface area contributed by atoms with Gasteiger partial charge in [-0.25, -0.2) is 0 Å². The summed E-state index contributed by atoms with van der Waals surface area (Å²) in [7, 11) is 1.58. The van der Waals surface area contributed by atoms with E-state index in [0.29, 0.717) is 30.0 Å². The minimum Gasteiger partial charge on any atom is -0.495 e. The number of carboxylic acids is 1. The number of ether oxygens (including phenoxy) is 1. The van der Waals surface area contributed by atoms with Crippen molar-refractivity contribution in [3.05, 3.63) is 28.3 Å². The third-order valence-electron chi connectivity index (χ3n) is 3.08. The van der Waals surface area contributed by atoms with Crippen LogP contribution in [0.2, 0.25) is 5.02 Å². The molecule has 0 saturated heterocycles. The van der Waals surface area contributed by atoms with Crippen LogP contribution in [0.15, 0.2) is 12.1 Å². The van der Waals surface area contributed by atoms with Crippen molar-refractivity contribution in [2.75, 3.05) is 7.11 Å². The first-order chi connectivity index (χ1) is 7.63. The lowest BCUT2D eigenvalue weighted by atomic mass is 9.84. The summed E-state index contributed by atoms with van der Waals surface area (Å²) in [5.41, 5.74) is 2.07. The lowest BCUT2D eigenvalue weighted by molar-refractivity contribution is -0.142. The minimum atomic E-state index is -0.724. The van der Waals surface area contributed by atoms with Gasteiger partial charge in [0.1, 0.15) is 5.75 Å². The normalized spacial score (nSPS) is 19.0. The fourth-order valence-electron chi connectivity index (χ4n) is 2.16. The van der Waals surface area contributed by atoms with E-state index in [9.17, 15) is 4.79 Å². The Hall–Kier alpha value is -1.22. The van der Waals surface area contributed by atoms with E-state index < -0.39 is 5.97 Å². The van der Waals surface area contributed by atoms with Crippen LogP contribution in [0, 0.1) is 5.92 Å². The number of methoxy groups -OCH3 is 1. The number of halogens is 1. The second-order valence-corrected chi connectivity index (χ2v) is 4.38. The highest BCUT2D eigenvalue weighted by molar-refractivity contribution is 6.33. The van der Waals surface area contributed by atoms with Crippen LogP contribution in [0.5, 0.6) is 5.75 Å². The van der Waals surface area contributed by atoms with Crippen LogP contribution in [0.4, 0.5) is 0 Å². The first kappa shape index (κ1) is 11.3. The van der Waals surface area contributed by atoms with Crippen LogP contribution in [0.1, 0.15) is 17.5 Å². The van der Waals surface area contributed by atoms with E-state index >= 15 is 0 Å². The second kappa shape index (κ2) is 4.34. The fraction of sp³-hybridized carbons (Fsp3) is 0.417. The molecule has 1 atom stereocenters. The predicted molar refractivity (Wildman–Crippen MR) is 61.2 cm³/mol. The molecule has 0 spiro atoms. The topological polar surface area (TPSA) is 46.5 Å². The molecule has 0 heterocycles. The van der Waals surface area contributed by atoms with Gasteiger partial charge >= 0.3 is 5.97 Å². The first-order valence-electron chi connectivity index (χ1n) is 5.20. The Morgan fingerprint density at radius 2 is 2.31 bits per heavy atom. The molecule has 0 fully saturated rings. The molecule has 2 rings (SSSR count). The molecule has 0 aliphatic heterocycles. The zero-order valence-corrected chi connectivity index (χ0v) is 9.75. The minimum absolute atomic E-state index is 0.281. The lowest BCUT2D eigenvalue weighted by Crippen LogP contribution is -2.22. The number of carboxylic acid groups (broad SMARTS) is 1. The summed E-state index contributed by atoms with van der Waals surface area (Å²) in [5.74, 6) is -0.344. The molecule has 0 bridgehead atoms. The Bertz CT molecular complexity index is 429. The van der Waals surface area contributed by atoms with Gasteiger partial charge in [-0.15, -0.1) is 0 Å². The molecule has 1 aliphatic carbocycles. The van der Waals surface area contributed by atoms with Crippen LogP contribution in [-0.2, 0) is 17.6 Å². The maximum Gasteiger partial charge on any atom is 0.306 e. The summed E-state index contributed by atoms with van der Waals surface area (Å²) >= 11 is 6.18. The van der Waals surface area contributed by atoms with Crippen LogP contribution in [-0.4, -0.2) is 18.2 Å². The highest BCUT2D eigenvalue weighted by Gasteiger charge is 2.26. The zero-order chi connectivity index (χ0) is 11.7. The molecule has 4 heteroatoms. The highest BCUT2D eigenvalue weighted by atomic mass is 35.5. The van der Waals surface area contributed by atoms with Crippen LogP contribution >= 0.6 is 11.6 Å². The smallest absolute Gasteiger partial charge is 0.306 e. The summed E-state index contributed by atoms with van der Waals surface area (Å²) in [5, 5.41) is 9.60. The van der Waals surface area contributed by atoms with Crippen LogP contribution < -0.4 is 4.74 Å². The monoisotopic (exact) mass is 240 g/mol. The number of hydrogen-bond donors (Lipinski definition) is 1. The molecule has 0 radical (unpaired) electrons. The Morgan fingerprint density at radius 1 is 1.56 bits per heavy atom. The SMILES string of the molecule is COc1ccc2c(c1Cl)CCC(C(=O)O)C2. The Labute approximate surface area is 99.0 Å². The predicted octanol–water partition coefficient (Wildman–Crippen LogP) is 2.54. The Morgan fingerprint density at radius 3 is 2.94 bits per heavy atom. The van der Waals surface area contributed by atoms with Gasteiger partial charge in [-0.3, -0.25) is 4.79 Å². The van der Waals surface area contributed by atoms with Crippen molar-refractivity contribution >= 4 is 17.6 Å². The summed E-state index contributed by atoms with van der Waals surface area (Å²) in [6.07, 6.45) is 1.92. The molecule has 16 heavy (non-hydrogen) atoms. The number of fused-ring (bicyclic) bond motifs is 1. The van der Waals surface area contributed by atoms with Gasteiger partial charge in [-0.2, -0.15) is 0 Å². The molecule has 0 saturated carbocycles. The summed E-state index contributed by atoms with van der Waals surface area (Å²) in [6.45, 7) is 0. The van der Waals surface area contributed by atoms with Crippen molar-refractivity contribution in [1.82, 2.24) is 0 Å². The molecule has 1 N–H and O–H groups in total. The maximum atomic E-state index is 10.9. The zero-order valence-electron chi connectivity index (χ0n) is 9.00. The number of aliphatic carboxylic acids is 1. The largest absolute Gasteiger partial charge is 0.495 e. The average molecular weight is 241 g/mol. The third-order valence-corrected chi connectivity index (χ3v) is 3.50. The molecule has 0 aromatic heterocycles. The van der Waals surface area contributed by atoms with Gasteiger partial charge in [0.2, 0.25) is 0 Å². The van der Waals surface area contributed by atoms with Crippen LogP contribution in [0.3, 0.4) is 0 Å². The lowest BCUT2D eigenvalue weighted by Gasteiger charge is -2.23. The van der Waals surface area contributed by atoms with Gasteiger partial charge in [-0.05, 0) is 36.5 Å². The van der Waals surface area contributed by atoms with Gasteiger partial charge in [-0.1, -0.05) is 17.7 Å². The van der Waals surface area contributed by atoms with Crippen molar-refractivity contribution in [2.24, 2.45) is 5.92 Å². The van der Waals surface area contributed by atoms with E-state index in [1.54, 1.807) is 13.2 Å². The van der Waals surface area contributed by atoms with Gasteiger partial charge < -0.3 is 9.84 Å². The Kier molecular flexibility index (Phi) is 3.06. The maximum absolute atomic E-state index is 10.9. The van der Waals surface area contributed by atoms with E-state index in [-0.39, 0.29) is 5.92 Å². The first-order valence-corrected chi connectivity index (χ1v) is 5.58. The van der Waals surface area contributed by atoms with E-state index in [4.69, 9.17) is 21.4 Å². The summed E-state index contributed by atoms with van der Waals surface area (Å²) in [4.78, 5) is 10.9. The van der Waals surface area contributed by atoms with Gasteiger partial charge in [0.15, 0.2) is 0 Å². The fourth-order valence-corrected chi connectivity index (χ4v) is 2.51. The second-order valence-electron chi connectivity index (χ2n) is 4.00. The Balaban J connectivity index is 2.35. The summed E-state index contributed by atoms with van der Waals surface area (Å²) in [6, 6.07) is 3.71. The average Bonchev–Trinajstić information content (AvgIpc) is 2.29. The molecule has 86 valence electrons. The standard InChI is InChI=1S/C12H13ClO3/c1-16-10-5-3-7-6-8(12(14)15)2-4-9(7)11(10)13/h3,5,8H,2,4,6H2,1H3,(H,14,15). The molecule has 1 unspecified atom stereocenters. The quantitative estimate of drug-likeness (QED) is 0.864. The van der Waals surface area contributed by atoms with Crippen molar-refractivity contribution < 1.29 is 14.6 Å². The molecular formula is C12H13ClO3. The molecule has 1 aliphatic rings. The highest BCUT2D eigenvalue weighted by Crippen LogP contribution is 2.36. The van der Waals surface area contributed by atoms with Crippen molar-refractivity contribution in [3.8, 4) is 5.75 Å². The number of rotatable bonds is 2. The van der Waals surface area contributed by atoms with E-state index in [2.05, 4.69) is 0 Å². The van der Waals surface area contributed by atoms with Crippen molar-refractivity contribution in [1.29, 1.82) is 0 Å². The van der Waals surface area contributed by atoms with E-state index in [0.717, 1.165) is 11.1 Å². The molecule has 1 aromatic carbocycles. The number of benzene rings is 1. The molecular weight excluding hydrogens is 228 g/mol. The number of carbonyl (C=O) groups is 1.